The van der Waals surface area contributed by atoms with E-state index in [1.165, 1.54) is 6.20 Å². The van der Waals surface area contributed by atoms with Crippen LogP contribution in [0.4, 0.5) is 11.4 Å². The maximum absolute atomic E-state index is 12.0. The zero-order chi connectivity index (χ0) is 14.5. The van der Waals surface area contributed by atoms with Gasteiger partial charge in [0.1, 0.15) is 0 Å². The van der Waals surface area contributed by atoms with Crippen molar-refractivity contribution in [2.45, 2.75) is 19.3 Å². The lowest BCUT2D eigenvalue weighted by Gasteiger charge is -2.12. The van der Waals surface area contributed by atoms with Crippen molar-refractivity contribution in [3.05, 3.63) is 53.3 Å². The van der Waals surface area contributed by atoms with Gasteiger partial charge in [0.25, 0.3) is 0 Å². The monoisotopic (exact) mass is 289 g/mol. The van der Waals surface area contributed by atoms with Crippen molar-refractivity contribution in [2.24, 2.45) is 0 Å². The summed E-state index contributed by atoms with van der Waals surface area (Å²) in [6.45, 7) is 2.00. The molecule has 2 aromatic rings. The van der Waals surface area contributed by atoms with E-state index in [2.05, 4.69) is 10.3 Å². The Morgan fingerprint density at radius 1 is 1.35 bits per heavy atom. The fourth-order valence-electron chi connectivity index (χ4n) is 1.89. The van der Waals surface area contributed by atoms with Crippen LogP contribution in [0.1, 0.15) is 24.8 Å². The fraction of sp³-hybridized carbons (Fsp3) is 0.200. The van der Waals surface area contributed by atoms with Gasteiger partial charge in [-0.15, -0.1) is 0 Å². The number of nitrogens with two attached hydrogens (primary N) is 1. The number of nitrogen functional groups attached to an aromatic ring is 1. The highest BCUT2D eigenvalue weighted by molar-refractivity contribution is 6.33. The van der Waals surface area contributed by atoms with Crippen LogP contribution in [0, 0.1) is 0 Å². The Balaban J connectivity index is 1.98. The van der Waals surface area contributed by atoms with Gasteiger partial charge in [0.15, 0.2) is 0 Å². The van der Waals surface area contributed by atoms with Crippen molar-refractivity contribution in [3.63, 3.8) is 0 Å². The van der Waals surface area contributed by atoms with Crippen LogP contribution in [0.25, 0.3) is 0 Å². The summed E-state index contributed by atoms with van der Waals surface area (Å²) in [5.74, 6) is 0.00951. The number of carbonyl (C=O) groups is 1. The van der Waals surface area contributed by atoms with Crippen LogP contribution in [0.15, 0.2) is 42.7 Å². The number of hydrogen-bond acceptors (Lipinski definition) is 3. The first kappa shape index (κ1) is 14.3. The molecule has 1 unspecified atom stereocenters. The van der Waals surface area contributed by atoms with Crippen molar-refractivity contribution in [1.82, 2.24) is 4.98 Å². The van der Waals surface area contributed by atoms with Crippen molar-refractivity contribution >= 4 is 28.9 Å². The summed E-state index contributed by atoms with van der Waals surface area (Å²) in [6.07, 6.45) is 3.48. The molecule has 0 aliphatic carbocycles. The van der Waals surface area contributed by atoms with Crippen molar-refractivity contribution in [2.75, 3.05) is 11.1 Å². The molecule has 0 saturated carbocycles. The average Bonchev–Trinajstić information content (AvgIpc) is 2.42. The number of anilines is 2. The number of amides is 1. The van der Waals surface area contributed by atoms with Crippen LogP contribution in [-0.4, -0.2) is 10.9 Å². The molecule has 0 saturated heterocycles. The van der Waals surface area contributed by atoms with Gasteiger partial charge in [-0.3, -0.25) is 9.78 Å². The van der Waals surface area contributed by atoms with Gasteiger partial charge in [-0.2, -0.15) is 0 Å². The topological polar surface area (TPSA) is 68.0 Å². The van der Waals surface area contributed by atoms with Gasteiger partial charge >= 0.3 is 0 Å². The minimum Gasteiger partial charge on any atom is -0.399 e. The predicted octanol–water partition coefficient (Wildman–Crippen LogP) is 3.45. The van der Waals surface area contributed by atoms with Gasteiger partial charge in [0.05, 0.1) is 16.9 Å². The summed E-state index contributed by atoms with van der Waals surface area (Å²) < 4.78 is 0. The predicted molar refractivity (Wildman–Crippen MR) is 81.8 cm³/mol. The highest BCUT2D eigenvalue weighted by Gasteiger charge is 2.12. The molecule has 1 amide bonds. The molecule has 1 aromatic heterocycles. The van der Waals surface area contributed by atoms with E-state index < -0.39 is 0 Å². The molecule has 0 aliphatic rings. The van der Waals surface area contributed by atoms with Crippen molar-refractivity contribution < 1.29 is 4.79 Å². The van der Waals surface area contributed by atoms with Crippen LogP contribution in [0.3, 0.4) is 0 Å². The molecule has 0 fully saturated rings. The van der Waals surface area contributed by atoms with Gasteiger partial charge in [-0.25, -0.2) is 0 Å². The van der Waals surface area contributed by atoms with E-state index in [-0.39, 0.29) is 11.8 Å². The molecule has 5 heteroatoms. The number of aromatic nitrogens is 1. The second kappa shape index (κ2) is 6.39. The van der Waals surface area contributed by atoms with Crippen LogP contribution in [0.5, 0.6) is 0 Å². The Bertz CT molecular complexity index is 598. The average molecular weight is 290 g/mol. The second-order valence-electron chi connectivity index (χ2n) is 4.68. The Morgan fingerprint density at radius 3 is 2.70 bits per heavy atom. The number of pyridine rings is 1. The van der Waals surface area contributed by atoms with Gasteiger partial charge < -0.3 is 11.1 Å². The molecule has 1 heterocycles. The molecule has 104 valence electrons. The van der Waals surface area contributed by atoms with Crippen molar-refractivity contribution in [3.8, 4) is 0 Å². The molecular formula is C15H16ClN3O. The number of nitrogens with one attached hydrogen (secondary N) is 1. The third-order valence-corrected chi connectivity index (χ3v) is 3.37. The van der Waals surface area contributed by atoms with Crippen LogP contribution >= 0.6 is 11.6 Å². The normalized spacial score (nSPS) is 11.9. The Hall–Kier alpha value is -2.07. The highest BCUT2D eigenvalue weighted by Crippen LogP contribution is 2.23. The SMILES string of the molecule is CC(CC(=O)Nc1cnccc1Cl)c1ccc(N)cc1. The molecular weight excluding hydrogens is 274 g/mol. The van der Waals surface area contributed by atoms with Crippen LogP contribution in [0.2, 0.25) is 5.02 Å². The maximum atomic E-state index is 12.0. The summed E-state index contributed by atoms with van der Waals surface area (Å²) in [7, 11) is 0. The van der Waals surface area contributed by atoms with Crippen LogP contribution < -0.4 is 11.1 Å². The number of rotatable bonds is 4. The fourth-order valence-corrected chi connectivity index (χ4v) is 2.04. The molecule has 4 nitrogen and oxygen atoms in total. The minimum atomic E-state index is -0.0933. The minimum absolute atomic E-state index is 0.0933. The first-order valence-electron chi connectivity index (χ1n) is 6.31. The first-order valence-corrected chi connectivity index (χ1v) is 6.69. The van der Waals surface area contributed by atoms with E-state index in [1.54, 1.807) is 12.3 Å². The number of hydrogen-bond donors (Lipinski definition) is 2. The summed E-state index contributed by atoms with van der Waals surface area (Å²) in [5.41, 5.74) is 7.97. The smallest absolute Gasteiger partial charge is 0.225 e. The van der Waals surface area contributed by atoms with Gasteiger partial charge in [-0.1, -0.05) is 30.7 Å². The maximum Gasteiger partial charge on any atom is 0.225 e. The number of benzene rings is 1. The van der Waals surface area contributed by atoms with Crippen molar-refractivity contribution in [1.29, 1.82) is 0 Å². The number of halogens is 1. The van der Waals surface area contributed by atoms with E-state index in [4.69, 9.17) is 17.3 Å². The molecule has 1 atom stereocenters. The molecule has 20 heavy (non-hydrogen) atoms. The Kier molecular flexibility index (Phi) is 4.58. The van der Waals surface area contributed by atoms with Gasteiger partial charge in [-0.05, 0) is 29.7 Å². The van der Waals surface area contributed by atoms with E-state index >= 15 is 0 Å². The largest absolute Gasteiger partial charge is 0.399 e. The summed E-state index contributed by atoms with van der Waals surface area (Å²) in [4.78, 5) is 15.9. The molecule has 0 bridgehead atoms. The quantitative estimate of drug-likeness (QED) is 0.847. The Labute approximate surface area is 123 Å². The molecule has 0 spiro atoms. The van der Waals surface area contributed by atoms with E-state index in [0.717, 1.165) is 5.56 Å². The zero-order valence-electron chi connectivity index (χ0n) is 11.1. The van der Waals surface area contributed by atoms with E-state index in [9.17, 15) is 4.79 Å². The lowest BCUT2D eigenvalue weighted by Crippen LogP contribution is -2.14. The van der Waals surface area contributed by atoms with E-state index in [1.807, 2.05) is 31.2 Å². The molecule has 0 aliphatic heterocycles. The second-order valence-corrected chi connectivity index (χ2v) is 5.08. The first-order chi connectivity index (χ1) is 9.56. The van der Waals surface area contributed by atoms with Gasteiger partial charge in [0.2, 0.25) is 5.91 Å². The van der Waals surface area contributed by atoms with E-state index in [0.29, 0.717) is 22.8 Å². The highest BCUT2D eigenvalue weighted by atomic mass is 35.5. The zero-order valence-corrected chi connectivity index (χ0v) is 11.9. The lowest BCUT2D eigenvalue weighted by atomic mass is 9.97. The van der Waals surface area contributed by atoms with Gasteiger partial charge in [0, 0.05) is 18.3 Å². The molecule has 1 aromatic carbocycles. The Morgan fingerprint density at radius 2 is 2.05 bits per heavy atom. The number of nitrogens with zero attached hydrogens (tertiary/aromatic N) is 1. The van der Waals surface area contributed by atoms with Crippen LogP contribution in [-0.2, 0) is 4.79 Å². The summed E-state index contributed by atoms with van der Waals surface area (Å²) in [6, 6.07) is 9.18. The summed E-state index contributed by atoms with van der Waals surface area (Å²) in [5, 5.41) is 3.24. The standard InChI is InChI=1S/C15H16ClN3O/c1-10(11-2-4-12(17)5-3-11)8-15(20)19-14-9-18-7-6-13(14)16/h2-7,9-10H,8,17H2,1H3,(H,19,20). The molecule has 0 radical (unpaired) electrons. The number of carbonyl (C=O) groups excluding carboxylic acids is 1. The molecule has 2 rings (SSSR count). The lowest BCUT2D eigenvalue weighted by molar-refractivity contribution is -0.116. The third kappa shape index (κ3) is 3.71. The summed E-state index contributed by atoms with van der Waals surface area (Å²) >= 11 is 5.97. The molecule has 3 N–H and O–H groups in total. The third-order valence-electron chi connectivity index (χ3n) is 3.04.